The molecule has 0 unspecified atom stereocenters. The Bertz CT molecular complexity index is 1510. The van der Waals surface area contributed by atoms with E-state index in [1.54, 1.807) is 6.20 Å². The summed E-state index contributed by atoms with van der Waals surface area (Å²) >= 11 is 0. The van der Waals surface area contributed by atoms with Gasteiger partial charge in [-0.25, -0.2) is 9.37 Å². The minimum absolute atomic E-state index is 0.0193. The van der Waals surface area contributed by atoms with Crippen LogP contribution in [0.2, 0.25) is 0 Å². The highest BCUT2D eigenvalue weighted by Gasteiger charge is 2.45. The smallest absolute Gasteiger partial charge is 0.319 e. The van der Waals surface area contributed by atoms with Gasteiger partial charge in [0.25, 0.3) is 0 Å². The van der Waals surface area contributed by atoms with Crippen LogP contribution in [0.4, 0.5) is 10.2 Å². The second kappa shape index (κ2) is 9.87. The fraction of sp³-hybridized carbons (Fsp3) is 0.500. The van der Waals surface area contributed by atoms with Gasteiger partial charge in [0.2, 0.25) is 5.88 Å². The SMILES string of the molecule is COc1nc(-c2cccc3[nH]ncc23)c(F)c2nc(OCC34CCCN3CCC4)nc(N3CCCOCC3)c12. The van der Waals surface area contributed by atoms with E-state index in [-0.39, 0.29) is 28.6 Å². The fourth-order valence-corrected chi connectivity index (χ4v) is 6.52. The number of aromatic amines is 1. The predicted octanol–water partition coefficient (Wildman–Crippen LogP) is 3.95. The first-order valence-electron chi connectivity index (χ1n) is 13.8. The molecule has 6 heterocycles. The third-order valence-corrected chi connectivity index (χ3v) is 8.45. The van der Waals surface area contributed by atoms with Crippen LogP contribution in [-0.4, -0.2) is 88.7 Å². The second-order valence-electron chi connectivity index (χ2n) is 10.6. The lowest BCUT2D eigenvalue weighted by atomic mass is 9.95. The van der Waals surface area contributed by atoms with Crippen molar-refractivity contribution in [2.75, 3.05) is 58.0 Å². The van der Waals surface area contributed by atoms with Gasteiger partial charge in [-0.3, -0.25) is 10.00 Å². The van der Waals surface area contributed by atoms with Gasteiger partial charge in [0.1, 0.15) is 29.0 Å². The van der Waals surface area contributed by atoms with Crippen LogP contribution in [0.15, 0.2) is 24.4 Å². The molecular formula is C28H32FN7O3. The quantitative estimate of drug-likeness (QED) is 0.395. The number of benzene rings is 1. The molecule has 10 nitrogen and oxygen atoms in total. The van der Waals surface area contributed by atoms with Crippen molar-refractivity contribution in [1.82, 2.24) is 30.0 Å². The molecule has 39 heavy (non-hydrogen) atoms. The van der Waals surface area contributed by atoms with Crippen LogP contribution in [0.3, 0.4) is 0 Å². The lowest BCUT2D eigenvalue weighted by Crippen LogP contribution is -2.43. The molecule has 3 fully saturated rings. The Kier molecular flexibility index (Phi) is 6.19. The summed E-state index contributed by atoms with van der Waals surface area (Å²) in [6.45, 7) is 5.24. The molecule has 0 aliphatic carbocycles. The van der Waals surface area contributed by atoms with Crippen LogP contribution in [0.25, 0.3) is 33.1 Å². The topological polar surface area (TPSA) is 102 Å². The van der Waals surface area contributed by atoms with E-state index in [1.807, 2.05) is 18.2 Å². The Morgan fingerprint density at radius 3 is 2.77 bits per heavy atom. The van der Waals surface area contributed by atoms with Gasteiger partial charge in [-0.05, 0) is 51.3 Å². The van der Waals surface area contributed by atoms with Gasteiger partial charge in [0.15, 0.2) is 5.82 Å². The standard InChI is InChI=1S/C28H32FN7O3/c1-37-26-21-24(22(29)23(31-26)18-6-2-7-20-19(18)16-30-34-20)32-27(33-25(21)35-10-5-14-38-15-13-35)39-17-28-8-3-11-36(28)12-4-9-28/h2,6-7,16H,3-5,8-15,17H2,1H3,(H,30,34). The fourth-order valence-electron chi connectivity index (χ4n) is 6.52. The molecule has 0 spiro atoms. The highest BCUT2D eigenvalue weighted by Crippen LogP contribution is 2.41. The summed E-state index contributed by atoms with van der Waals surface area (Å²) in [4.78, 5) is 18.8. The third-order valence-electron chi connectivity index (χ3n) is 8.45. The number of nitrogens with zero attached hydrogens (tertiary/aromatic N) is 6. The number of hydrogen-bond acceptors (Lipinski definition) is 9. The molecule has 11 heteroatoms. The number of hydrogen-bond donors (Lipinski definition) is 1. The summed E-state index contributed by atoms with van der Waals surface area (Å²) in [5.74, 6) is 0.287. The van der Waals surface area contributed by atoms with E-state index in [4.69, 9.17) is 19.2 Å². The molecule has 204 valence electrons. The second-order valence-corrected chi connectivity index (χ2v) is 10.6. The van der Waals surface area contributed by atoms with Gasteiger partial charge < -0.3 is 19.1 Å². The maximum absolute atomic E-state index is 16.5. The van der Waals surface area contributed by atoms with E-state index in [2.05, 4.69) is 30.0 Å². The number of fused-ring (bicyclic) bond motifs is 3. The Hall–Kier alpha value is -3.57. The number of halogens is 1. The van der Waals surface area contributed by atoms with E-state index in [0.717, 1.165) is 43.3 Å². The summed E-state index contributed by atoms with van der Waals surface area (Å²) in [7, 11) is 1.54. The zero-order valence-corrected chi connectivity index (χ0v) is 22.1. The molecule has 3 saturated heterocycles. The van der Waals surface area contributed by atoms with E-state index in [9.17, 15) is 0 Å². The van der Waals surface area contributed by atoms with E-state index in [0.29, 0.717) is 49.7 Å². The third kappa shape index (κ3) is 4.15. The predicted molar refractivity (Wildman–Crippen MR) is 145 cm³/mol. The maximum Gasteiger partial charge on any atom is 0.319 e. The van der Waals surface area contributed by atoms with Crippen molar-refractivity contribution < 1.29 is 18.6 Å². The van der Waals surface area contributed by atoms with Gasteiger partial charge in [0.05, 0.1) is 31.0 Å². The molecular weight excluding hydrogens is 501 g/mol. The highest BCUT2D eigenvalue weighted by atomic mass is 19.1. The molecule has 3 aromatic heterocycles. The summed E-state index contributed by atoms with van der Waals surface area (Å²) in [6.07, 6.45) is 7.04. The number of aromatic nitrogens is 5. The molecule has 4 aromatic rings. The summed E-state index contributed by atoms with van der Waals surface area (Å²) in [5, 5.41) is 8.28. The summed E-state index contributed by atoms with van der Waals surface area (Å²) in [6, 6.07) is 5.74. The van der Waals surface area contributed by atoms with Gasteiger partial charge in [-0.15, -0.1) is 0 Å². The highest BCUT2D eigenvalue weighted by molar-refractivity contribution is 6.00. The first kappa shape index (κ1) is 24.5. The number of H-pyrrole nitrogens is 1. The first-order valence-corrected chi connectivity index (χ1v) is 13.8. The zero-order valence-electron chi connectivity index (χ0n) is 22.1. The van der Waals surface area contributed by atoms with Gasteiger partial charge in [-0.2, -0.15) is 15.1 Å². The average Bonchev–Trinajstić information content (AvgIpc) is 3.63. The Morgan fingerprint density at radius 1 is 1.05 bits per heavy atom. The van der Waals surface area contributed by atoms with E-state index >= 15 is 4.39 Å². The molecule has 0 atom stereocenters. The number of methoxy groups -OCH3 is 1. The molecule has 0 radical (unpaired) electrons. The molecule has 1 N–H and O–H groups in total. The maximum atomic E-state index is 16.5. The van der Waals surface area contributed by atoms with Crippen molar-refractivity contribution in [1.29, 1.82) is 0 Å². The Balaban J connectivity index is 1.39. The number of rotatable bonds is 6. The average molecular weight is 534 g/mol. The molecule has 3 aliphatic heterocycles. The van der Waals surface area contributed by atoms with Gasteiger partial charge in [-0.1, -0.05) is 12.1 Å². The molecule has 3 aliphatic rings. The van der Waals surface area contributed by atoms with Crippen molar-refractivity contribution in [3.05, 3.63) is 30.2 Å². The van der Waals surface area contributed by atoms with E-state index < -0.39 is 5.82 Å². The van der Waals surface area contributed by atoms with Crippen LogP contribution in [0, 0.1) is 5.82 Å². The van der Waals surface area contributed by atoms with Gasteiger partial charge in [0, 0.05) is 30.6 Å². The lowest BCUT2D eigenvalue weighted by molar-refractivity contribution is 0.108. The van der Waals surface area contributed by atoms with Gasteiger partial charge >= 0.3 is 6.01 Å². The molecule has 0 saturated carbocycles. The van der Waals surface area contributed by atoms with Crippen molar-refractivity contribution in [3.63, 3.8) is 0 Å². The number of ether oxygens (including phenoxy) is 3. The monoisotopic (exact) mass is 533 g/mol. The van der Waals surface area contributed by atoms with Crippen LogP contribution in [-0.2, 0) is 4.74 Å². The normalized spacial score (nSPS) is 19.5. The van der Waals surface area contributed by atoms with E-state index in [1.165, 1.54) is 20.0 Å². The molecule has 0 bridgehead atoms. The Labute approximate surface area is 225 Å². The number of anilines is 1. The Morgan fingerprint density at radius 2 is 1.92 bits per heavy atom. The van der Waals surface area contributed by atoms with Crippen molar-refractivity contribution >= 4 is 27.6 Å². The lowest BCUT2D eigenvalue weighted by Gasteiger charge is -2.31. The number of nitrogens with one attached hydrogen (secondary N) is 1. The molecule has 1 aromatic carbocycles. The van der Waals surface area contributed by atoms with Crippen LogP contribution < -0.4 is 14.4 Å². The number of pyridine rings is 1. The minimum Gasteiger partial charge on any atom is -0.480 e. The van der Waals surface area contributed by atoms with Crippen LogP contribution in [0.5, 0.6) is 11.9 Å². The van der Waals surface area contributed by atoms with Crippen molar-refractivity contribution in [2.24, 2.45) is 0 Å². The van der Waals surface area contributed by atoms with Crippen LogP contribution in [0.1, 0.15) is 32.1 Å². The van der Waals surface area contributed by atoms with Crippen LogP contribution >= 0.6 is 0 Å². The summed E-state index contributed by atoms with van der Waals surface area (Å²) in [5.41, 5.74) is 1.70. The zero-order chi connectivity index (χ0) is 26.4. The van der Waals surface area contributed by atoms with Crippen molar-refractivity contribution in [3.8, 4) is 23.1 Å². The minimum atomic E-state index is -0.541. The summed E-state index contributed by atoms with van der Waals surface area (Å²) < 4.78 is 34.3. The molecule has 0 amide bonds. The largest absolute Gasteiger partial charge is 0.480 e. The first-order chi connectivity index (χ1) is 19.2. The van der Waals surface area contributed by atoms with Crippen molar-refractivity contribution in [2.45, 2.75) is 37.6 Å². The molecule has 7 rings (SSSR count).